The topological polar surface area (TPSA) is 29.9 Å². The molecule has 3 nitrogen and oxygen atoms in total. The van der Waals surface area contributed by atoms with Gasteiger partial charge in [-0.1, -0.05) is 37.0 Å². The SMILES string of the molecule is Cc1c(CNC(C)C)cnn1-c1ccc(Cl)c(Cl)c1. The molecular weight excluding hydrogens is 281 g/mol. The molecule has 0 bridgehead atoms. The van der Waals surface area contributed by atoms with Crippen LogP contribution in [0.4, 0.5) is 0 Å². The molecule has 5 heteroatoms. The van der Waals surface area contributed by atoms with Gasteiger partial charge in [0, 0.05) is 23.8 Å². The zero-order chi connectivity index (χ0) is 14.0. The van der Waals surface area contributed by atoms with Gasteiger partial charge in [-0.2, -0.15) is 5.10 Å². The number of hydrogen-bond acceptors (Lipinski definition) is 2. The van der Waals surface area contributed by atoms with Crippen molar-refractivity contribution in [3.63, 3.8) is 0 Å². The molecule has 0 amide bonds. The minimum atomic E-state index is 0.452. The molecule has 0 fully saturated rings. The molecule has 0 unspecified atom stereocenters. The standard InChI is InChI=1S/C14H17Cl2N3/c1-9(2)17-7-11-8-18-19(10(11)3)12-4-5-13(15)14(16)6-12/h4-6,8-9,17H,7H2,1-3H3. The van der Waals surface area contributed by atoms with Gasteiger partial charge in [0.2, 0.25) is 0 Å². The van der Waals surface area contributed by atoms with Crippen molar-refractivity contribution in [2.75, 3.05) is 0 Å². The van der Waals surface area contributed by atoms with Gasteiger partial charge in [-0.05, 0) is 25.1 Å². The first kappa shape index (κ1) is 14.4. The van der Waals surface area contributed by atoms with E-state index in [-0.39, 0.29) is 0 Å². The first-order chi connectivity index (χ1) is 8.99. The second-order valence-electron chi connectivity index (χ2n) is 4.80. The van der Waals surface area contributed by atoms with E-state index in [4.69, 9.17) is 23.2 Å². The van der Waals surface area contributed by atoms with Crippen LogP contribution in [0.2, 0.25) is 10.0 Å². The zero-order valence-corrected chi connectivity index (χ0v) is 12.8. The van der Waals surface area contributed by atoms with Crippen LogP contribution in [0.3, 0.4) is 0 Å². The highest BCUT2D eigenvalue weighted by Crippen LogP contribution is 2.25. The predicted molar refractivity (Wildman–Crippen MR) is 80.3 cm³/mol. The molecule has 1 N–H and O–H groups in total. The zero-order valence-electron chi connectivity index (χ0n) is 11.2. The quantitative estimate of drug-likeness (QED) is 0.925. The van der Waals surface area contributed by atoms with E-state index < -0.39 is 0 Å². The van der Waals surface area contributed by atoms with Gasteiger partial charge in [-0.25, -0.2) is 4.68 Å². The molecule has 0 radical (unpaired) electrons. The van der Waals surface area contributed by atoms with Gasteiger partial charge in [-0.3, -0.25) is 0 Å². The Morgan fingerprint density at radius 3 is 2.63 bits per heavy atom. The van der Waals surface area contributed by atoms with Crippen LogP contribution in [-0.2, 0) is 6.54 Å². The van der Waals surface area contributed by atoms with Gasteiger partial charge in [-0.15, -0.1) is 0 Å². The van der Waals surface area contributed by atoms with Crippen molar-refractivity contribution in [3.05, 3.63) is 45.7 Å². The van der Waals surface area contributed by atoms with Crippen LogP contribution >= 0.6 is 23.2 Å². The predicted octanol–water partition coefficient (Wildman–Crippen LogP) is 3.99. The summed E-state index contributed by atoms with van der Waals surface area (Å²) in [6.07, 6.45) is 1.88. The van der Waals surface area contributed by atoms with Crippen LogP contribution in [-0.4, -0.2) is 15.8 Å². The van der Waals surface area contributed by atoms with E-state index in [2.05, 4.69) is 24.3 Å². The van der Waals surface area contributed by atoms with Crippen molar-refractivity contribution in [1.82, 2.24) is 15.1 Å². The summed E-state index contributed by atoms with van der Waals surface area (Å²) in [4.78, 5) is 0. The molecular formula is C14H17Cl2N3. The number of benzene rings is 1. The lowest BCUT2D eigenvalue weighted by Crippen LogP contribution is -2.22. The Labute approximate surface area is 123 Å². The Morgan fingerprint density at radius 2 is 2.00 bits per heavy atom. The Balaban J connectivity index is 2.28. The van der Waals surface area contributed by atoms with Crippen molar-refractivity contribution in [3.8, 4) is 5.69 Å². The molecule has 0 atom stereocenters. The molecule has 0 aliphatic heterocycles. The summed E-state index contributed by atoms with van der Waals surface area (Å²) in [7, 11) is 0. The van der Waals surface area contributed by atoms with E-state index in [1.807, 2.05) is 29.9 Å². The monoisotopic (exact) mass is 297 g/mol. The Bertz CT molecular complexity index is 576. The van der Waals surface area contributed by atoms with Crippen LogP contribution in [0.5, 0.6) is 0 Å². The summed E-state index contributed by atoms with van der Waals surface area (Å²) in [5.74, 6) is 0. The van der Waals surface area contributed by atoms with Crippen LogP contribution in [0.25, 0.3) is 5.69 Å². The third kappa shape index (κ3) is 3.30. The van der Waals surface area contributed by atoms with E-state index in [0.717, 1.165) is 17.9 Å². The van der Waals surface area contributed by atoms with Crippen molar-refractivity contribution in [2.24, 2.45) is 0 Å². The molecule has 2 aromatic rings. The van der Waals surface area contributed by atoms with Crippen LogP contribution in [0.1, 0.15) is 25.1 Å². The van der Waals surface area contributed by atoms with Gasteiger partial charge in [0.05, 0.1) is 21.9 Å². The summed E-state index contributed by atoms with van der Waals surface area (Å²) >= 11 is 12.0. The first-order valence-corrected chi connectivity index (χ1v) is 6.97. The lowest BCUT2D eigenvalue weighted by Gasteiger charge is -2.09. The highest BCUT2D eigenvalue weighted by molar-refractivity contribution is 6.42. The normalized spacial score (nSPS) is 11.3. The Morgan fingerprint density at radius 1 is 1.26 bits per heavy atom. The summed E-state index contributed by atoms with van der Waals surface area (Å²) in [5.41, 5.74) is 3.20. The molecule has 1 aromatic carbocycles. The molecule has 0 aliphatic carbocycles. The van der Waals surface area contributed by atoms with Crippen molar-refractivity contribution >= 4 is 23.2 Å². The third-order valence-electron chi connectivity index (χ3n) is 2.96. The highest BCUT2D eigenvalue weighted by atomic mass is 35.5. The largest absolute Gasteiger partial charge is 0.310 e. The fraction of sp³-hybridized carbons (Fsp3) is 0.357. The Kier molecular flexibility index (Phi) is 4.50. The molecule has 0 saturated heterocycles. The van der Waals surface area contributed by atoms with Gasteiger partial charge < -0.3 is 5.32 Å². The number of hydrogen-bond donors (Lipinski definition) is 1. The minimum absolute atomic E-state index is 0.452. The van der Waals surface area contributed by atoms with Gasteiger partial charge in [0.1, 0.15) is 0 Å². The molecule has 0 aliphatic rings. The van der Waals surface area contributed by atoms with Crippen LogP contribution < -0.4 is 5.32 Å². The number of aromatic nitrogens is 2. The second-order valence-corrected chi connectivity index (χ2v) is 5.62. The maximum Gasteiger partial charge on any atom is 0.0664 e. The van der Waals surface area contributed by atoms with E-state index >= 15 is 0 Å². The fourth-order valence-electron chi connectivity index (χ4n) is 1.81. The summed E-state index contributed by atoms with van der Waals surface area (Å²) < 4.78 is 1.87. The molecule has 0 saturated carbocycles. The van der Waals surface area contributed by atoms with Crippen molar-refractivity contribution in [1.29, 1.82) is 0 Å². The van der Waals surface area contributed by atoms with Crippen LogP contribution in [0.15, 0.2) is 24.4 Å². The minimum Gasteiger partial charge on any atom is -0.310 e. The molecule has 2 rings (SSSR count). The van der Waals surface area contributed by atoms with E-state index in [9.17, 15) is 0 Å². The maximum atomic E-state index is 6.04. The van der Waals surface area contributed by atoms with Crippen molar-refractivity contribution in [2.45, 2.75) is 33.4 Å². The molecule has 19 heavy (non-hydrogen) atoms. The van der Waals surface area contributed by atoms with Gasteiger partial charge >= 0.3 is 0 Å². The maximum absolute atomic E-state index is 6.04. The number of nitrogens with zero attached hydrogens (tertiary/aromatic N) is 2. The fourth-order valence-corrected chi connectivity index (χ4v) is 2.10. The number of nitrogens with one attached hydrogen (secondary N) is 1. The van der Waals surface area contributed by atoms with E-state index in [1.165, 1.54) is 5.56 Å². The van der Waals surface area contributed by atoms with Crippen molar-refractivity contribution < 1.29 is 0 Å². The smallest absolute Gasteiger partial charge is 0.0664 e. The summed E-state index contributed by atoms with van der Waals surface area (Å²) in [6.45, 7) is 7.11. The summed E-state index contributed by atoms with van der Waals surface area (Å²) in [6, 6.07) is 5.97. The van der Waals surface area contributed by atoms with Gasteiger partial charge in [0.15, 0.2) is 0 Å². The molecule has 102 valence electrons. The molecule has 1 heterocycles. The lowest BCUT2D eigenvalue weighted by molar-refractivity contribution is 0.587. The molecule has 0 spiro atoms. The van der Waals surface area contributed by atoms with E-state index in [1.54, 1.807) is 6.07 Å². The Hall–Kier alpha value is -1.03. The number of rotatable bonds is 4. The average molecular weight is 298 g/mol. The highest BCUT2D eigenvalue weighted by Gasteiger charge is 2.09. The average Bonchev–Trinajstić information content (AvgIpc) is 2.72. The third-order valence-corrected chi connectivity index (χ3v) is 3.70. The lowest BCUT2D eigenvalue weighted by atomic mass is 10.2. The number of halogens is 2. The van der Waals surface area contributed by atoms with E-state index in [0.29, 0.717) is 16.1 Å². The molecule has 1 aromatic heterocycles. The van der Waals surface area contributed by atoms with Crippen LogP contribution in [0, 0.1) is 6.92 Å². The second kappa shape index (κ2) is 5.95. The van der Waals surface area contributed by atoms with Gasteiger partial charge in [0.25, 0.3) is 0 Å². The summed E-state index contributed by atoms with van der Waals surface area (Å²) in [5, 5.41) is 8.89. The first-order valence-electron chi connectivity index (χ1n) is 6.21.